The molecular formula is C62H134PbS6Si14. The van der Waals surface area contributed by atoms with Crippen LogP contribution in [-0.2, 0) is 33.8 Å². The zero-order valence-corrected chi connectivity index (χ0v) is 85.4. The molecule has 0 aliphatic heterocycles. The van der Waals surface area contributed by atoms with E-state index in [-0.39, 0.29) is 27.3 Å². The van der Waals surface area contributed by atoms with Crippen LogP contribution in [0.4, 0.5) is 0 Å². The molecule has 0 saturated carbocycles. The van der Waals surface area contributed by atoms with Crippen LogP contribution in [0.3, 0.4) is 0 Å². The van der Waals surface area contributed by atoms with Crippen molar-refractivity contribution in [1.29, 1.82) is 0 Å². The monoisotopic (exact) mass is 1670 g/mol. The molecule has 0 bridgehead atoms. The molecule has 0 spiro atoms. The molecule has 0 amide bonds. The van der Waals surface area contributed by atoms with Crippen molar-refractivity contribution in [2.45, 2.75) is 314 Å². The third-order valence-corrected chi connectivity index (χ3v) is 100. The zero-order valence-electron chi connectivity index (χ0n) is 62.6. The van der Waals surface area contributed by atoms with Gasteiger partial charge in [0.15, 0.2) is 0 Å². The van der Waals surface area contributed by atoms with Gasteiger partial charge in [-0.05, 0) is 62.6 Å². The van der Waals surface area contributed by atoms with Crippen molar-refractivity contribution in [1.82, 2.24) is 0 Å². The predicted molar refractivity (Wildman–Crippen MR) is 451 cm³/mol. The number of benzene rings is 2. The fourth-order valence-electron chi connectivity index (χ4n) is 21.3. The van der Waals surface area contributed by atoms with E-state index in [1.54, 1.807) is 56.9 Å². The van der Waals surface area contributed by atoms with E-state index in [4.69, 9.17) is 49.7 Å². The minimum absolute atomic E-state index is 0. The first-order chi connectivity index (χ1) is 35.3. The Bertz CT molecular complexity index is 2150. The maximum Gasteiger partial charge on any atom is 2.00 e. The quantitative estimate of drug-likeness (QED) is 0.0495. The van der Waals surface area contributed by atoms with E-state index in [1.165, 1.54) is 9.79 Å². The molecule has 0 aliphatic carbocycles. The molecule has 478 valence electrons. The van der Waals surface area contributed by atoms with Gasteiger partial charge >= 0.3 is 27.3 Å². The largest absolute Gasteiger partial charge is 2.00 e. The zero-order chi connectivity index (χ0) is 66.3. The third-order valence-electron chi connectivity index (χ3n) is 18.5. The van der Waals surface area contributed by atoms with Crippen molar-refractivity contribution >= 4 is 221 Å². The van der Waals surface area contributed by atoms with E-state index in [0.29, 0.717) is 36.3 Å². The van der Waals surface area contributed by atoms with E-state index in [0.717, 1.165) is 0 Å². The molecule has 83 heavy (non-hydrogen) atoms. The van der Waals surface area contributed by atoms with Gasteiger partial charge in [0.25, 0.3) is 0 Å². The predicted octanol–water partition coefficient (Wildman–Crippen LogP) is 23.9. The first kappa shape index (κ1) is 86.7. The van der Waals surface area contributed by atoms with Crippen LogP contribution in [-0.4, -0.2) is 147 Å². The molecule has 0 aliphatic rings. The van der Waals surface area contributed by atoms with Crippen LogP contribution in [0.25, 0.3) is 0 Å². The summed E-state index contributed by atoms with van der Waals surface area (Å²) in [5.74, 6) is 0. The van der Waals surface area contributed by atoms with Gasteiger partial charge in [0, 0.05) is 123 Å². The van der Waals surface area contributed by atoms with Crippen molar-refractivity contribution in [2.24, 2.45) is 0 Å². The average molecular weight is 1670 g/mol. The minimum Gasteiger partial charge on any atom is -0.422 e. The van der Waals surface area contributed by atoms with Gasteiger partial charge in [0.05, 0.1) is 0 Å². The van der Waals surface area contributed by atoms with Gasteiger partial charge in [-0.1, -0.05) is 306 Å². The van der Waals surface area contributed by atoms with Crippen molar-refractivity contribution in [3.05, 3.63) is 57.6 Å². The van der Waals surface area contributed by atoms with Crippen LogP contribution in [0.5, 0.6) is 0 Å². The number of rotatable bonds is 22. The van der Waals surface area contributed by atoms with Gasteiger partial charge < -0.3 is 49.7 Å². The first-order valence-corrected chi connectivity index (χ1v) is 84.3. The second-order valence-electron chi connectivity index (χ2n) is 40.3. The van der Waals surface area contributed by atoms with Gasteiger partial charge in [-0.15, -0.1) is 23.5 Å². The van der Waals surface area contributed by atoms with Crippen LogP contribution in [0.1, 0.15) is 54.0 Å². The number of hydrogen-bond acceptors (Lipinski definition) is 6. The molecular weight excluding hydrogens is 1540 g/mol. The van der Waals surface area contributed by atoms with Crippen LogP contribution in [0.2, 0.25) is 275 Å². The van der Waals surface area contributed by atoms with Crippen LogP contribution < -0.4 is 0 Å². The van der Waals surface area contributed by atoms with E-state index >= 15 is 0 Å². The third kappa shape index (κ3) is 19.9. The molecule has 2 aromatic rings. The van der Waals surface area contributed by atoms with Crippen LogP contribution >= 0.6 is 48.0 Å². The van der Waals surface area contributed by atoms with Crippen molar-refractivity contribution in [2.75, 3.05) is 0 Å². The molecule has 0 unspecified atom stereocenters. The topological polar surface area (TPSA) is 0 Å². The smallest absolute Gasteiger partial charge is 0.422 e. The van der Waals surface area contributed by atoms with Gasteiger partial charge in [0.2, 0.25) is 0 Å². The van der Waals surface area contributed by atoms with E-state index in [9.17, 15) is 0 Å². The average Bonchev–Trinajstić information content (AvgIpc) is 3.06. The molecule has 0 fully saturated rings. The van der Waals surface area contributed by atoms with Gasteiger partial charge in [-0.25, -0.2) is 0 Å². The van der Waals surface area contributed by atoms with Gasteiger partial charge in [0.1, 0.15) is 0 Å². The fourth-order valence-corrected chi connectivity index (χ4v) is 136. The molecule has 2 rings (SSSR count). The number of thioether (sulfide) groups is 2. The Morgan fingerprint density at radius 1 is 0.289 bits per heavy atom. The summed E-state index contributed by atoms with van der Waals surface area (Å²) in [5.41, 5.74) is 10.1. The Balaban J connectivity index is 0.00000160. The molecule has 0 nitrogen and oxygen atoms in total. The summed E-state index contributed by atoms with van der Waals surface area (Å²) in [6, 6.07) is 11.3. The van der Waals surface area contributed by atoms with E-state index in [2.05, 4.69) is 299 Å². The molecule has 0 heterocycles. The van der Waals surface area contributed by atoms with Gasteiger partial charge in [-0.2, -0.15) is 0 Å². The summed E-state index contributed by atoms with van der Waals surface area (Å²) in [4.78, 5) is 2.99. The summed E-state index contributed by atoms with van der Waals surface area (Å²) < 4.78 is 2.03. The summed E-state index contributed by atoms with van der Waals surface area (Å²) >= 11 is 26.7. The van der Waals surface area contributed by atoms with Crippen LogP contribution in [0, 0.1) is 0 Å². The van der Waals surface area contributed by atoms with E-state index < -0.39 is 113 Å². The SMILES string of the molecule is C[Si](C)(C)C(c1cc(C([Si](C)(C)C)([Si](C)(C)C)[Si](C)(C)C)cc(C([Si](C)(C)C)[Si](C)(C)C)c1SC(=S)[S-])[Si](C)(C)C.C[Si](C)(C)C(c1cc(C([Si](C)(C)C)([Si](C)(C)C)[Si](C)(C)C)cc(C([Si](C)(C)C)[Si](C)(C)C)c1SC(=S)[S-])[Si](C)(C)C.[Pb+2]. The Labute approximate surface area is 585 Å². The first-order valence-electron chi connectivity index (χ1n) is 31.4. The molecule has 2 radical (unpaired) electrons. The fraction of sp³-hybridized carbons (Fsp3) is 0.774. The van der Waals surface area contributed by atoms with Gasteiger partial charge in [-0.3, -0.25) is 0 Å². The van der Waals surface area contributed by atoms with Crippen molar-refractivity contribution in [3.8, 4) is 0 Å². The maximum atomic E-state index is 5.77. The Morgan fingerprint density at radius 3 is 0.494 bits per heavy atom. The normalized spacial score (nSPS) is 15.0. The Hall–Kier alpha value is 3.72. The Kier molecular flexibility index (Phi) is 29.5. The van der Waals surface area contributed by atoms with Crippen LogP contribution in [0.15, 0.2) is 34.1 Å². The summed E-state index contributed by atoms with van der Waals surface area (Å²) in [6.45, 7) is 112. The number of thiocarbonyl (C=S) groups is 2. The summed E-state index contributed by atoms with van der Waals surface area (Å²) in [5, 5.41) is 2.64. The molecule has 2 aromatic carbocycles. The molecule has 0 atom stereocenters. The number of hydrogen-bond donors (Lipinski definition) is 0. The maximum absolute atomic E-state index is 5.77. The second-order valence-corrected chi connectivity index (χ2v) is 125. The summed E-state index contributed by atoms with van der Waals surface area (Å²) in [7, 11) is -22.8. The molecule has 0 saturated heterocycles. The van der Waals surface area contributed by atoms with E-state index in [1.807, 2.05) is 0 Å². The molecule has 0 aromatic heterocycles. The van der Waals surface area contributed by atoms with Crippen molar-refractivity contribution in [3.63, 3.8) is 0 Å². The second kappa shape index (κ2) is 28.2. The molecule has 21 heteroatoms. The van der Waals surface area contributed by atoms with Crippen molar-refractivity contribution < 1.29 is 0 Å². The Morgan fingerprint density at radius 2 is 0.410 bits per heavy atom. The molecule has 0 N–H and O–H groups in total. The minimum atomic E-state index is -1.68. The standard InChI is InChI=1S/2C31H68S3Si7.Pb/c2*1-35(2,3)28(36(4,5)6)25-22-24(31(39(13,14)15,40(16,17)18)41(19,20)21)23-26(27(25)34-30(32)33)29(37(7,8)9)38(10,11)12;/h2*22-23,28-29H,1-21H3,(H,32,33);/q;;+2/p-2. The summed E-state index contributed by atoms with van der Waals surface area (Å²) in [6.07, 6.45) is 0.